The van der Waals surface area contributed by atoms with Crippen molar-refractivity contribution in [3.63, 3.8) is 0 Å². The molecule has 0 atom stereocenters. The van der Waals surface area contributed by atoms with Gasteiger partial charge in [-0.1, -0.05) is 58.9 Å². The van der Waals surface area contributed by atoms with Crippen LogP contribution in [0, 0.1) is 18.8 Å². The largest absolute Gasteiger partial charge is 0.220 e. The van der Waals surface area contributed by atoms with E-state index in [2.05, 4.69) is 102 Å². The maximum atomic E-state index is 2.42. The average molecular weight is 361 g/mol. The van der Waals surface area contributed by atoms with Crippen LogP contribution in [-0.4, -0.2) is 0 Å². The Labute approximate surface area is 165 Å². The summed E-state index contributed by atoms with van der Waals surface area (Å²) in [6.07, 6.45) is 3.27. The van der Waals surface area contributed by atoms with Crippen molar-refractivity contribution in [1.82, 2.24) is 0 Å². The second kappa shape index (κ2) is 7.84. The molecule has 1 nitrogen and oxygen atoms in total. The second-order valence-corrected chi connectivity index (χ2v) is 8.64. The van der Waals surface area contributed by atoms with Gasteiger partial charge in [-0.15, -0.1) is 0 Å². The van der Waals surface area contributed by atoms with Gasteiger partial charge in [0, 0.05) is 11.6 Å². The summed E-state index contributed by atoms with van der Waals surface area (Å²) in [4.78, 5) is 0. The number of hydrogen-bond donors (Lipinski definition) is 0. The summed E-state index contributed by atoms with van der Waals surface area (Å²) in [5, 5.41) is 2.68. The fourth-order valence-corrected chi connectivity index (χ4v) is 4.62. The number of nitrogens with zero attached hydrogens (tertiary/aromatic N) is 1. The average Bonchev–Trinajstić information content (AvgIpc) is 2.62. The van der Waals surface area contributed by atoms with Crippen LogP contribution in [0.3, 0.4) is 0 Å². The van der Waals surface area contributed by atoms with Crippen LogP contribution < -0.4 is 4.57 Å². The van der Waals surface area contributed by atoms with Crippen molar-refractivity contribution >= 4 is 10.8 Å². The van der Waals surface area contributed by atoms with Crippen molar-refractivity contribution < 1.29 is 4.57 Å². The molecule has 0 aliphatic carbocycles. The van der Waals surface area contributed by atoms with Crippen LogP contribution in [0.15, 0.2) is 48.7 Å². The molecule has 0 N–H and O–H groups in total. The van der Waals surface area contributed by atoms with E-state index in [9.17, 15) is 0 Å². The Bertz CT molecular complexity index is 942. The summed E-state index contributed by atoms with van der Waals surface area (Å²) in [6.45, 7) is 13.8. The number of benzene rings is 2. The summed E-state index contributed by atoms with van der Waals surface area (Å²) in [7, 11) is 2.16. The predicted molar refractivity (Wildman–Crippen MR) is 117 cm³/mol. The molecular weight excluding hydrogens is 326 g/mol. The summed E-state index contributed by atoms with van der Waals surface area (Å²) in [5.41, 5.74) is 6.86. The molecule has 0 spiro atoms. The van der Waals surface area contributed by atoms with E-state index in [1.807, 2.05) is 0 Å². The minimum atomic E-state index is 0.594. The number of fused-ring (bicyclic) bond motifs is 1. The van der Waals surface area contributed by atoms with Gasteiger partial charge < -0.3 is 0 Å². The van der Waals surface area contributed by atoms with Gasteiger partial charge in [0.05, 0.1) is 5.39 Å². The molecule has 1 aromatic heterocycles. The first-order chi connectivity index (χ1) is 12.8. The molecule has 0 fully saturated rings. The lowest BCUT2D eigenvalue weighted by Crippen LogP contribution is -2.30. The monoisotopic (exact) mass is 360 g/mol. The minimum absolute atomic E-state index is 0.594. The number of aryl methyl sites for hydroxylation is 3. The van der Waals surface area contributed by atoms with Gasteiger partial charge in [0.15, 0.2) is 6.20 Å². The van der Waals surface area contributed by atoms with E-state index in [0.29, 0.717) is 17.8 Å². The first-order valence-corrected chi connectivity index (χ1v) is 10.4. The van der Waals surface area contributed by atoms with Gasteiger partial charge in [0.2, 0.25) is 5.69 Å². The Balaban J connectivity index is 2.22. The highest BCUT2D eigenvalue weighted by Gasteiger charge is 2.22. The standard InChI is InChI=1S/C26H34N/c1-8-20-10-9-19(6)24(15-20)26-23-12-11-22(25(17(2)3)18(4)5)16-21(23)13-14-27(26)7/h9-18,25H,8H2,1-7H3/q+1. The van der Waals surface area contributed by atoms with Crippen LogP contribution in [0.25, 0.3) is 22.0 Å². The molecule has 0 amide bonds. The van der Waals surface area contributed by atoms with Gasteiger partial charge in [0.1, 0.15) is 7.05 Å². The van der Waals surface area contributed by atoms with E-state index in [1.165, 1.54) is 38.7 Å². The summed E-state index contributed by atoms with van der Waals surface area (Å²) in [6, 6.07) is 16.3. The highest BCUT2D eigenvalue weighted by Crippen LogP contribution is 2.35. The molecule has 0 saturated heterocycles. The Morgan fingerprint density at radius 3 is 2.22 bits per heavy atom. The zero-order valence-electron chi connectivity index (χ0n) is 18.0. The van der Waals surface area contributed by atoms with Gasteiger partial charge >= 0.3 is 0 Å². The molecule has 2 aromatic carbocycles. The lowest BCUT2D eigenvalue weighted by Gasteiger charge is -2.25. The molecule has 27 heavy (non-hydrogen) atoms. The predicted octanol–water partition coefficient (Wildman–Crippen LogP) is 6.60. The molecular formula is C26H34N+. The minimum Gasteiger partial charge on any atom is -0.200 e. The third-order valence-corrected chi connectivity index (χ3v) is 5.95. The van der Waals surface area contributed by atoms with Crippen LogP contribution >= 0.6 is 0 Å². The molecule has 0 radical (unpaired) electrons. The van der Waals surface area contributed by atoms with E-state index < -0.39 is 0 Å². The van der Waals surface area contributed by atoms with Gasteiger partial charge in [-0.3, -0.25) is 0 Å². The van der Waals surface area contributed by atoms with E-state index in [1.54, 1.807) is 0 Å². The third-order valence-electron chi connectivity index (χ3n) is 5.95. The van der Waals surface area contributed by atoms with Crippen molar-refractivity contribution in [2.24, 2.45) is 18.9 Å². The smallest absolute Gasteiger partial charge is 0.200 e. The molecule has 0 aliphatic heterocycles. The molecule has 0 aliphatic rings. The first kappa shape index (κ1) is 19.6. The zero-order chi connectivity index (χ0) is 19.7. The lowest BCUT2D eigenvalue weighted by molar-refractivity contribution is -0.659. The Hall–Kier alpha value is -2.15. The van der Waals surface area contributed by atoms with Crippen molar-refractivity contribution in [2.45, 2.75) is 53.9 Å². The highest BCUT2D eigenvalue weighted by atomic mass is 14.9. The SMILES string of the molecule is CCc1ccc(C)c(-c2c3ccc(C(C(C)C)C(C)C)cc3cc[n+]2C)c1. The molecule has 1 heteroatoms. The Kier molecular flexibility index (Phi) is 5.69. The Morgan fingerprint density at radius 2 is 1.59 bits per heavy atom. The topological polar surface area (TPSA) is 3.88 Å². The molecule has 0 saturated carbocycles. The van der Waals surface area contributed by atoms with Gasteiger partial charge in [0.25, 0.3) is 0 Å². The van der Waals surface area contributed by atoms with Crippen LogP contribution in [-0.2, 0) is 13.5 Å². The molecule has 3 aromatic rings. The zero-order valence-corrected chi connectivity index (χ0v) is 18.0. The van der Waals surface area contributed by atoms with Crippen LogP contribution in [0.1, 0.15) is 57.2 Å². The number of pyridine rings is 1. The molecule has 0 unspecified atom stereocenters. The molecule has 0 bridgehead atoms. The van der Waals surface area contributed by atoms with Crippen molar-refractivity contribution in [1.29, 1.82) is 0 Å². The summed E-state index contributed by atoms with van der Waals surface area (Å²) in [5.74, 6) is 1.88. The lowest BCUT2D eigenvalue weighted by atomic mass is 9.79. The fourth-order valence-electron chi connectivity index (χ4n) is 4.62. The normalized spacial score (nSPS) is 11.9. The highest BCUT2D eigenvalue weighted by molar-refractivity contribution is 5.94. The van der Waals surface area contributed by atoms with Crippen LogP contribution in [0.2, 0.25) is 0 Å². The van der Waals surface area contributed by atoms with Gasteiger partial charge in [-0.2, -0.15) is 0 Å². The summed E-state index contributed by atoms with van der Waals surface area (Å²) >= 11 is 0. The molecule has 3 rings (SSSR count). The van der Waals surface area contributed by atoms with E-state index in [0.717, 1.165) is 6.42 Å². The van der Waals surface area contributed by atoms with E-state index in [-0.39, 0.29) is 0 Å². The second-order valence-electron chi connectivity index (χ2n) is 8.64. The van der Waals surface area contributed by atoms with Gasteiger partial charge in [-0.25, -0.2) is 4.57 Å². The number of aromatic nitrogens is 1. The van der Waals surface area contributed by atoms with Crippen molar-refractivity contribution in [3.05, 3.63) is 65.4 Å². The first-order valence-electron chi connectivity index (χ1n) is 10.4. The maximum Gasteiger partial charge on any atom is 0.220 e. The fraction of sp³-hybridized carbons (Fsp3) is 0.423. The quantitative estimate of drug-likeness (QED) is 0.451. The van der Waals surface area contributed by atoms with Crippen LogP contribution in [0.5, 0.6) is 0 Å². The van der Waals surface area contributed by atoms with Crippen molar-refractivity contribution in [3.8, 4) is 11.3 Å². The van der Waals surface area contributed by atoms with Crippen LogP contribution in [0.4, 0.5) is 0 Å². The van der Waals surface area contributed by atoms with E-state index in [4.69, 9.17) is 0 Å². The maximum absolute atomic E-state index is 2.42. The number of rotatable bonds is 5. The van der Waals surface area contributed by atoms with Crippen molar-refractivity contribution in [2.75, 3.05) is 0 Å². The molecule has 1 heterocycles. The van der Waals surface area contributed by atoms with Gasteiger partial charge in [-0.05, 0) is 65.3 Å². The van der Waals surface area contributed by atoms with E-state index >= 15 is 0 Å². The third kappa shape index (κ3) is 3.78. The summed E-state index contributed by atoms with van der Waals surface area (Å²) < 4.78 is 2.27. The molecule has 142 valence electrons. The Morgan fingerprint density at radius 1 is 0.889 bits per heavy atom. The number of hydrogen-bond acceptors (Lipinski definition) is 0.